The molecule has 0 bridgehead atoms. The average molecular weight is 296 g/mol. The first kappa shape index (κ1) is 15.1. The Hall–Kier alpha value is -2.31. The van der Waals surface area contributed by atoms with Gasteiger partial charge in [-0.1, -0.05) is 0 Å². The van der Waals surface area contributed by atoms with E-state index in [1.165, 1.54) is 6.20 Å². The number of aromatic nitrogens is 2. The molecule has 21 heavy (non-hydrogen) atoms. The van der Waals surface area contributed by atoms with Crippen molar-refractivity contribution >= 4 is 17.5 Å². The fourth-order valence-corrected chi connectivity index (χ4v) is 1.88. The first-order valence-corrected chi connectivity index (χ1v) is 6.55. The van der Waals surface area contributed by atoms with E-state index in [2.05, 4.69) is 15.3 Å². The molecule has 0 aliphatic carbocycles. The highest BCUT2D eigenvalue weighted by Crippen LogP contribution is 2.22. The van der Waals surface area contributed by atoms with Crippen LogP contribution < -0.4 is 10.2 Å². The zero-order chi connectivity index (χ0) is 15.4. The molecule has 112 valence electrons. The molecule has 2 aromatic rings. The van der Waals surface area contributed by atoms with Crippen LogP contribution in [-0.4, -0.2) is 23.1 Å². The lowest BCUT2D eigenvalue weighted by Gasteiger charge is -2.19. The zero-order valence-corrected chi connectivity index (χ0v) is 11.7. The van der Waals surface area contributed by atoms with E-state index in [-0.39, 0.29) is 11.6 Å². The summed E-state index contributed by atoms with van der Waals surface area (Å²) in [5.74, 6) is -3.28. The van der Waals surface area contributed by atoms with E-state index in [4.69, 9.17) is 0 Å². The summed E-state index contributed by atoms with van der Waals surface area (Å²) in [4.78, 5) is 10.2. The Bertz CT molecular complexity index is 630. The minimum absolute atomic E-state index is 0.115. The maximum absolute atomic E-state index is 13.6. The van der Waals surface area contributed by atoms with Gasteiger partial charge in [0, 0.05) is 19.3 Å². The summed E-state index contributed by atoms with van der Waals surface area (Å²) in [5.41, 5.74) is -0.217. The van der Waals surface area contributed by atoms with Crippen molar-refractivity contribution < 1.29 is 13.2 Å². The lowest BCUT2D eigenvalue weighted by molar-refractivity contribution is 0.449. The molecule has 4 nitrogen and oxygen atoms in total. The largest absolute Gasteiger partial charge is 0.357 e. The molecular weight excluding hydrogens is 281 g/mol. The van der Waals surface area contributed by atoms with Gasteiger partial charge in [0.05, 0.1) is 5.69 Å². The van der Waals surface area contributed by atoms with Gasteiger partial charge in [-0.25, -0.2) is 18.2 Å². The van der Waals surface area contributed by atoms with Crippen molar-refractivity contribution in [2.24, 2.45) is 0 Å². The van der Waals surface area contributed by atoms with E-state index >= 15 is 0 Å². The van der Waals surface area contributed by atoms with Crippen LogP contribution in [0.25, 0.3) is 0 Å². The van der Waals surface area contributed by atoms with Crippen LogP contribution in [0.2, 0.25) is 0 Å². The Kier molecular flexibility index (Phi) is 4.62. The van der Waals surface area contributed by atoms with Gasteiger partial charge in [-0.2, -0.15) is 4.98 Å². The molecule has 1 N–H and O–H groups in total. The van der Waals surface area contributed by atoms with Crippen molar-refractivity contribution in [1.82, 2.24) is 9.97 Å². The van der Waals surface area contributed by atoms with E-state index in [0.717, 1.165) is 25.2 Å². The molecule has 0 saturated carbocycles. The average Bonchev–Trinajstić information content (AvgIpc) is 2.50. The molecule has 0 unspecified atom stereocenters. The summed E-state index contributed by atoms with van der Waals surface area (Å²) in [6.07, 6.45) is 1.51. The maximum Gasteiger partial charge on any atom is 0.229 e. The first-order valence-electron chi connectivity index (χ1n) is 6.55. The van der Waals surface area contributed by atoms with Gasteiger partial charge >= 0.3 is 0 Å². The van der Waals surface area contributed by atoms with E-state index in [1.807, 2.05) is 18.7 Å². The number of halogens is 3. The van der Waals surface area contributed by atoms with E-state index in [9.17, 15) is 13.2 Å². The second kappa shape index (κ2) is 6.43. The Morgan fingerprint density at radius 3 is 2.43 bits per heavy atom. The minimum atomic E-state index is -1.53. The highest BCUT2D eigenvalue weighted by atomic mass is 19.2. The van der Waals surface area contributed by atoms with Crippen LogP contribution in [0.3, 0.4) is 0 Å². The summed E-state index contributed by atoms with van der Waals surface area (Å²) in [7, 11) is 0. The van der Waals surface area contributed by atoms with Gasteiger partial charge in [0.15, 0.2) is 17.5 Å². The normalized spacial score (nSPS) is 10.5. The molecule has 1 aromatic heterocycles. The van der Waals surface area contributed by atoms with Crippen molar-refractivity contribution in [3.63, 3.8) is 0 Å². The fraction of sp³-hybridized carbons (Fsp3) is 0.286. The summed E-state index contributed by atoms with van der Waals surface area (Å²) >= 11 is 0. The second-order valence-corrected chi connectivity index (χ2v) is 4.26. The van der Waals surface area contributed by atoms with Crippen molar-refractivity contribution in [3.8, 4) is 0 Å². The molecule has 0 radical (unpaired) electrons. The van der Waals surface area contributed by atoms with Crippen molar-refractivity contribution in [3.05, 3.63) is 41.8 Å². The Labute approximate surface area is 120 Å². The molecule has 0 spiro atoms. The molecule has 0 amide bonds. The molecule has 7 heteroatoms. The summed E-state index contributed by atoms with van der Waals surface area (Å²) in [6, 6.07) is 3.66. The van der Waals surface area contributed by atoms with Crippen molar-refractivity contribution in [2.45, 2.75) is 13.8 Å². The number of rotatable bonds is 5. The monoisotopic (exact) mass is 296 g/mol. The van der Waals surface area contributed by atoms with E-state index < -0.39 is 17.5 Å². The molecule has 1 aromatic carbocycles. The van der Waals surface area contributed by atoms with Crippen molar-refractivity contribution in [1.29, 1.82) is 0 Å². The molecule has 0 atom stereocenters. The van der Waals surface area contributed by atoms with Crippen LogP contribution in [-0.2, 0) is 0 Å². The number of nitrogens with zero attached hydrogens (tertiary/aromatic N) is 3. The van der Waals surface area contributed by atoms with Gasteiger partial charge in [-0.05, 0) is 32.0 Å². The van der Waals surface area contributed by atoms with Gasteiger partial charge < -0.3 is 10.2 Å². The number of hydrogen-bond acceptors (Lipinski definition) is 4. The number of nitrogens with one attached hydrogen (secondary N) is 1. The van der Waals surface area contributed by atoms with Crippen LogP contribution in [0, 0.1) is 17.5 Å². The predicted molar refractivity (Wildman–Crippen MR) is 75.2 cm³/mol. The van der Waals surface area contributed by atoms with Gasteiger partial charge in [-0.3, -0.25) is 0 Å². The molecule has 0 saturated heterocycles. The Morgan fingerprint density at radius 1 is 1.05 bits per heavy atom. The molecule has 1 heterocycles. The highest BCUT2D eigenvalue weighted by molar-refractivity contribution is 5.56. The SMILES string of the molecule is CCN(CC)c1ccnc(Nc2ccc(F)c(F)c2F)n1. The number of anilines is 3. The predicted octanol–water partition coefficient (Wildman–Crippen LogP) is 3.48. The maximum atomic E-state index is 13.6. The van der Waals surface area contributed by atoms with Crippen LogP contribution in [0.1, 0.15) is 13.8 Å². The topological polar surface area (TPSA) is 41.1 Å². The lowest BCUT2D eigenvalue weighted by Crippen LogP contribution is -2.23. The molecule has 0 fully saturated rings. The minimum Gasteiger partial charge on any atom is -0.357 e. The number of hydrogen-bond donors (Lipinski definition) is 1. The van der Waals surface area contributed by atoms with Gasteiger partial charge in [0.2, 0.25) is 5.95 Å². The zero-order valence-electron chi connectivity index (χ0n) is 11.7. The van der Waals surface area contributed by atoms with E-state index in [0.29, 0.717) is 5.82 Å². The highest BCUT2D eigenvalue weighted by Gasteiger charge is 2.14. The second-order valence-electron chi connectivity index (χ2n) is 4.26. The Morgan fingerprint density at radius 2 is 1.76 bits per heavy atom. The van der Waals surface area contributed by atoms with E-state index in [1.54, 1.807) is 6.07 Å². The summed E-state index contributed by atoms with van der Waals surface area (Å²) in [6.45, 7) is 5.47. The van der Waals surface area contributed by atoms with Crippen LogP contribution in [0.15, 0.2) is 24.4 Å². The Balaban J connectivity index is 2.28. The van der Waals surface area contributed by atoms with Gasteiger partial charge in [-0.15, -0.1) is 0 Å². The first-order chi connectivity index (χ1) is 10.1. The molecule has 0 aliphatic rings. The quantitative estimate of drug-likeness (QED) is 0.858. The third kappa shape index (κ3) is 3.24. The van der Waals surface area contributed by atoms with Crippen molar-refractivity contribution in [2.75, 3.05) is 23.3 Å². The van der Waals surface area contributed by atoms with Gasteiger partial charge in [0.1, 0.15) is 5.82 Å². The lowest BCUT2D eigenvalue weighted by atomic mass is 10.3. The third-order valence-corrected chi connectivity index (χ3v) is 3.01. The van der Waals surface area contributed by atoms with Gasteiger partial charge in [0.25, 0.3) is 0 Å². The smallest absolute Gasteiger partial charge is 0.229 e. The molecule has 0 aliphatic heterocycles. The third-order valence-electron chi connectivity index (χ3n) is 3.01. The summed E-state index contributed by atoms with van der Waals surface area (Å²) in [5, 5.41) is 2.55. The standard InChI is InChI=1S/C14H15F3N4/c1-3-21(4-2)11-7-8-18-14(20-11)19-10-6-5-9(15)12(16)13(10)17/h5-8H,3-4H2,1-2H3,(H,18,19,20). The number of benzene rings is 1. The molecule has 2 rings (SSSR count). The van der Waals surface area contributed by atoms with Crippen LogP contribution in [0.5, 0.6) is 0 Å². The van der Waals surface area contributed by atoms with Crippen LogP contribution >= 0.6 is 0 Å². The molecular formula is C14H15F3N4. The van der Waals surface area contributed by atoms with Crippen LogP contribution in [0.4, 0.5) is 30.6 Å². The summed E-state index contributed by atoms with van der Waals surface area (Å²) < 4.78 is 39.6. The fourth-order valence-electron chi connectivity index (χ4n) is 1.88.